The zero-order valence-electron chi connectivity index (χ0n) is 9.89. The molecule has 2 aromatic carbocycles. The maximum atomic E-state index is 13.1. The highest BCUT2D eigenvalue weighted by molar-refractivity contribution is 9.10. The number of halogens is 4. The molecule has 0 heterocycles. The SMILES string of the molecule is Fc1ccc(Br)c(CNCc2ccc(Cl)cc2Cl)c1. The van der Waals surface area contributed by atoms with Crippen molar-refractivity contribution >= 4 is 39.1 Å². The predicted molar refractivity (Wildman–Crippen MR) is 81.1 cm³/mol. The molecule has 0 radical (unpaired) electrons. The van der Waals surface area contributed by atoms with E-state index < -0.39 is 0 Å². The molecule has 2 rings (SSSR count). The molecular formula is C14H11BrCl2FN. The minimum absolute atomic E-state index is 0.246. The van der Waals surface area contributed by atoms with Gasteiger partial charge in [-0.1, -0.05) is 45.2 Å². The third-order valence-electron chi connectivity index (χ3n) is 2.65. The summed E-state index contributed by atoms with van der Waals surface area (Å²) in [6, 6.07) is 9.99. The van der Waals surface area contributed by atoms with Gasteiger partial charge in [0.2, 0.25) is 0 Å². The van der Waals surface area contributed by atoms with Crippen LogP contribution in [0, 0.1) is 5.82 Å². The van der Waals surface area contributed by atoms with Gasteiger partial charge < -0.3 is 5.32 Å². The summed E-state index contributed by atoms with van der Waals surface area (Å²) in [5.41, 5.74) is 1.82. The molecule has 0 saturated carbocycles. The lowest BCUT2D eigenvalue weighted by Gasteiger charge is -2.09. The Morgan fingerprint density at radius 2 is 1.74 bits per heavy atom. The van der Waals surface area contributed by atoms with Crippen molar-refractivity contribution in [3.8, 4) is 0 Å². The molecule has 0 aromatic heterocycles. The summed E-state index contributed by atoms with van der Waals surface area (Å²) in [7, 11) is 0. The van der Waals surface area contributed by atoms with Crippen LogP contribution in [0.2, 0.25) is 10.0 Å². The summed E-state index contributed by atoms with van der Waals surface area (Å²) in [6.07, 6.45) is 0. The summed E-state index contributed by atoms with van der Waals surface area (Å²) < 4.78 is 14.0. The normalized spacial score (nSPS) is 10.7. The Labute approximate surface area is 129 Å². The van der Waals surface area contributed by atoms with Crippen molar-refractivity contribution in [2.45, 2.75) is 13.1 Å². The summed E-state index contributed by atoms with van der Waals surface area (Å²) in [6.45, 7) is 1.15. The van der Waals surface area contributed by atoms with E-state index in [-0.39, 0.29) is 5.82 Å². The van der Waals surface area contributed by atoms with Crippen LogP contribution in [-0.4, -0.2) is 0 Å². The first-order chi connectivity index (χ1) is 9.06. The van der Waals surface area contributed by atoms with Gasteiger partial charge in [-0.25, -0.2) is 4.39 Å². The lowest BCUT2D eigenvalue weighted by Crippen LogP contribution is -2.13. The number of benzene rings is 2. The summed E-state index contributed by atoms with van der Waals surface area (Å²) in [5, 5.41) is 4.46. The van der Waals surface area contributed by atoms with Crippen LogP contribution >= 0.6 is 39.1 Å². The smallest absolute Gasteiger partial charge is 0.123 e. The van der Waals surface area contributed by atoms with Gasteiger partial charge in [-0.3, -0.25) is 0 Å². The molecule has 0 aliphatic rings. The number of hydrogen-bond acceptors (Lipinski definition) is 1. The van der Waals surface area contributed by atoms with Crippen molar-refractivity contribution in [3.63, 3.8) is 0 Å². The Balaban J connectivity index is 1.98. The second kappa shape index (κ2) is 6.71. The summed E-state index contributed by atoms with van der Waals surface area (Å²) in [4.78, 5) is 0. The van der Waals surface area contributed by atoms with Gasteiger partial charge in [-0.15, -0.1) is 0 Å². The minimum atomic E-state index is -0.246. The Morgan fingerprint density at radius 3 is 2.47 bits per heavy atom. The van der Waals surface area contributed by atoms with E-state index in [2.05, 4.69) is 21.2 Å². The van der Waals surface area contributed by atoms with Gasteiger partial charge in [0.05, 0.1) is 0 Å². The molecule has 0 saturated heterocycles. The molecular weight excluding hydrogens is 352 g/mol. The Morgan fingerprint density at radius 1 is 1.00 bits per heavy atom. The van der Waals surface area contributed by atoms with E-state index in [0.717, 1.165) is 15.6 Å². The van der Waals surface area contributed by atoms with E-state index in [4.69, 9.17) is 23.2 Å². The Hall–Kier alpha value is -0.610. The first-order valence-electron chi connectivity index (χ1n) is 5.65. The van der Waals surface area contributed by atoms with Gasteiger partial charge in [-0.05, 0) is 41.5 Å². The van der Waals surface area contributed by atoms with Crippen molar-refractivity contribution in [2.75, 3.05) is 0 Å². The molecule has 19 heavy (non-hydrogen) atoms. The fraction of sp³-hybridized carbons (Fsp3) is 0.143. The standard InChI is InChI=1S/C14H11BrCl2FN/c15-13-4-3-12(18)5-10(13)8-19-7-9-1-2-11(16)6-14(9)17/h1-6,19H,7-8H2. The van der Waals surface area contributed by atoms with Gasteiger partial charge in [0.25, 0.3) is 0 Å². The van der Waals surface area contributed by atoms with Crippen LogP contribution in [0.5, 0.6) is 0 Å². The second-order valence-corrected chi connectivity index (χ2v) is 5.77. The number of nitrogens with one attached hydrogen (secondary N) is 1. The Bertz CT molecular complexity index is 590. The molecule has 0 aliphatic heterocycles. The van der Waals surface area contributed by atoms with Crippen molar-refractivity contribution in [1.82, 2.24) is 5.32 Å². The van der Waals surface area contributed by atoms with Crippen molar-refractivity contribution in [1.29, 1.82) is 0 Å². The summed E-state index contributed by atoms with van der Waals surface area (Å²) >= 11 is 15.3. The van der Waals surface area contributed by atoms with Gasteiger partial charge >= 0.3 is 0 Å². The maximum Gasteiger partial charge on any atom is 0.123 e. The largest absolute Gasteiger partial charge is 0.309 e. The van der Waals surface area contributed by atoms with Crippen LogP contribution in [0.15, 0.2) is 40.9 Å². The van der Waals surface area contributed by atoms with Crippen LogP contribution in [0.4, 0.5) is 4.39 Å². The zero-order valence-corrected chi connectivity index (χ0v) is 13.0. The van der Waals surface area contributed by atoms with Crippen LogP contribution in [-0.2, 0) is 13.1 Å². The van der Waals surface area contributed by atoms with Crippen LogP contribution in [0.3, 0.4) is 0 Å². The predicted octanol–water partition coefficient (Wildman–Crippen LogP) is 5.18. The fourth-order valence-corrected chi connectivity index (χ4v) is 2.54. The lowest BCUT2D eigenvalue weighted by molar-refractivity contribution is 0.619. The van der Waals surface area contributed by atoms with E-state index in [9.17, 15) is 4.39 Å². The van der Waals surface area contributed by atoms with Crippen molar-refractivity contribution in [3.05, 3.63) is 67.9 Å². The molecule has 2 aromatic rings. The highest BCUT2D eigenvalue weighted by atomic mass is 79.9. The van der Waals surface area contributed by atoms with Crippen LogP contribution in [0.1, 0.15) is 11.1 Å². The topological polar surface area (TPSA) is 12.0 Å². The average Bonchev–Trinajstić information content (AvgIpc) is 2.36. The first-order valence-corrected chi connectivity index (χ1v) is 7.20. The van der Waals surface area contributed by atoms with Gasteiger partial charge in [-0.2, -0.15) is 0 Å². The van der Waals surface area contributed by atoms with E-state index in [1.54, 1.807) is 18.2 Å². The molecule has 0 aliphatic carbocycles. The fourth-order valence-electron chi connectivity index (χ4n) is 1.68. The van der Waals surface area contributed by atoms with Crippen LogP contribution in [0.25, 0.3) is 0 Å². The van der Waals surface area contributed by atoms with E-state index in [1.165, 1.54) is 12.1 Å². The minimum Gasteiger partial charge on any atom is -0.309 e. The van der Waals surface area contributed by atoms with E-state index in [0.29, 0.717) is 23.1 Å². The monoisotopic (exact) mass is 361 g/mol. The first kappa shape index (κ1) is 14.8. The molecule has 0 unspecified atom stereocenters. The molecule has 100 valence electrons. The molecule has 0 atom stereocenters. The molecule has 0 spiro atoms. The highest BCUT2D eigenvalue weighted by Crippen LogP contribution is 2.21. The second-order valence-electron chi connectivity index (χ2n) is 4.08. The van der Waals surface area contributed by atoms with E-state index in [1.807, 2.05) is 6.07 Å². The van der Waals surface area contributed by atoms with Crippen molar-refractivity contribution in [2.24, 2.45) is 0 Å². The van der Waals surface area contributed by atoms with Gasteiger partial charge in [0.1, 0.15) is 5.82 Å². The molecule has 5 heteroatoms. The van der Waals surface area contributed by atoms with Gasteiger partial charge in [0, 0.05) is 27.6 Å². The summed E-state index contributed by atoms with van der Waals surface area (Å²) in [5.74, 6) is -0.246. The Kier molecular flexibility index (Phi) is 5.22. The quantitative estimate of drug-likeness (QED) is 0.789. The molecule has 0 fully saturated rings. The zero-order chi connectivity index (χ0) is 13.8. The molecule has 0 amide bonds. The molecule has 1 nitrogen and oxygen atoms in total. The lowest BCUT2D eigenvalue weighted by atomic mass is 10.2. The third kappa shape index (κ3) is 4.18. The maximum absolute atomic E-state index is 13.1. The van der Waals surface area contributed by atoms with Crippen LogP contribution < -0.4 is 5.32 Å². The van der Waals surface area contributed by atoms with E-state index >= 15 is 0 Å². The average molecular weight is 363 g/mol. The van der Waals surface area contributed by atoms with Crippen molar-refractivity contribution < 1.29 is 4.39 Å². The molecule has 1 N–H and O–H groups in total. The van der Waals surface area contributed by atoms with Gasteiger partial charge in [0.15, 0.2) is 0 Å². The third-order valence-corrected chi connectivity index (χ3v) is 4.01. The molecule has 0 bridgehead atoms. The number of rotatable bonds is 4. The number of hydrogen-bond donors (Lipinski definition) is 1. The highest BCUT2D eigenvalue weighted by Gasteiger charge is 2.04.